The Morgan fingerprint density at radius 3 is 2.69 bits per heavy atom. The van der Waals surface area contributed by atoms with Gasteiger partial charge in [0.2, 0.25) is 5.91 Å². The van der Waals surface area contributed by atoms with E-state index in [4.69, 9.17) is 10.7 Å². The Labute approximate surface area is 176 Å². The van der Waals surface area contributed by atoms with Crippen LogP contribution in [0.3, 0.4) is 0 Å². The molecule has 1 aliphatic heterocycles. The molecule has 1 saturated heterocycles. The first-order valence-electron chi connectivity index (χ1n) is 11.1. The van der Waals surface area contributed by atoms with Crippen LogP contribution in [0.15, 0.2) is 29.3 Å². The fourth-order valence-corrected chi connectivity index (χ4v) is 3.76. The molecule has 1 heterocycles. The first kappa shape index (κ1) is 23.2. The standard InChI is InChI=1S/C23H39N5O/c1-4-25-23(27-17-19(3)21-9-7-8-18(2)16-21)26-12-5-6-13-28-14-10-20(11-15-28)22(24)29/h7-9,16,19-20H,4-6,10-15,17H2,1-3H3,(H2,24,29)(H2,25,26,27). The van der Waals surface area contributed by atoms with Gasteiger partial charge in [0.15, 0.2) is 5.96 Å². The summed E-state index contributed by atoms with van der Waals surface area (Å²) < 4.78 is 0. The van der Waals surface area contributed by atoms with Gasteiger partial charge >= 0.3 is 0 Å². The molecule has 6 heteroatoms. The number of nitrogens with zero attached hydrogens (tertiary/aromatic N) is 2. The third kappa shape index (κ3) is 8.44. The summed E-state index contributed by atoms with van der Waals surface area (Å²) in [5, 5.41) is 6.80. The third-order valence-corrected chi connectivity index (χ3v) is 5.66. The molecule has 162 valence electrons. The van der Waals surface area contributed by atoms with E-state index in [1.165, 1.54) is 11.1 Å². The van der Waals surface area contributed by atoms with Crippen molar-refractivity contribution in [3.05, 3.63) is 35.4 Å². The Balaban J connectivity index is 1.67. The minimum atomic E-state index is -0.138. The van der Waals surface area contributed by atoms with Crippen molar-refractivity contribution >= 4 is 11.9 Å². The molecule has 1 aromatic rings. The first-order chi connectivity index (χ1) is 14.0. The number of primary amides is 1. The molecule has 29 heavy (non-hydrogen) atoms. The summed E-state index contributed by atoms with van der Waals surface area (Å²) in [7, 11) is 0. The molecule has 6 nitrogen and oxygen atoms in total. The first-order valence-corrected chi connectivity index (χ1v) is 11.1. The van der Waals surface area contributed by atoms with Crippen LogP contribution in [-0.2, 0) is 4.79 Å². The van der Waals surface area contributed by atoms with E-state index in [9.17, 15) is 4.79 Å². The molecular formula is C23H39N5O. The molecule has 1 unspecified atom stereocenters. The second-order valence-electron chi connectivity index (χ2n) is 8.19. The number of benzene rings is 1. The summed E-state index contributed by atoms with van der Waals surface area (Å²) in [5.74, 6) is 1.23. The van der Waals surface area contributed by atoms with E-state index in [0.29, 0.717) is 5.92 Å². The monoisotopic (exact) mass is 401 g/mol. The summed E-state index contributed by atoms with van der Waals surface area (Å²) in [6.07, 6.45) is 4.06. The molecule has 1 aromatic carbocycles. The van der Waals surface area contributed by atoms with Crippen molar-refractivity contribution in [1.29, 1.82) is 0 Å². The number of likely N-dealkylation sites (tertiary alicyclic amines) is 1. The molecule has 0 radical (unpaired) electrons. The molecule has 0 spiro atoms. The van der Waals surface area contributed by atoms with Crippen molar-refractivity contribution in [2.45, 2.75) is 52.4 Å². The Morgan fingerprint density at radius 2 is 2.03 bits per heavy atom. The van der Waals surface area contributed by atoms with E-state index in [1.54, 1.807) is 0 Å². The zero-order valence-electron chi connectivity index (χ0n) is 18.4. The summed E-state index contributed by atoms with van der Waals surface area (Å²) >= 11 is 0. The number of carbonyl (C=O) groups excluding carboxylic acids is 1. The predicted molar refractivity (Wildman–Crippen MR) is 121 cm³/mol. The molecule has 2 rings (SSSR count). The van der Waals surface area contributed by atoms with Crippen molar-refractivity contribution in [2.75, 3.05) is 39.3 Å². The third-order valence-electron chi connectivity index (χ3n) is 5.66. The van der Waals surface area contributed by atoms with Crippen LogP contribution in [0.25, 0.3) is 0 Å². The minimum Gasteiger partial charge on any atom is -0.369 e. The summed E-state index contributed by atoms with van der Waals surface area (Å²) in [5.41, 5.74) is 8.04. The molecule has 1 aliphatic rings. The molecule has 0 bridgehead atoms. The second-order valence-corrected chi connectivity index (χ2v) is 8.19. The number of aliphatic imine (C=N–C) groups is 1. The van der Waals surface area contributed by atoms with Crippen LogP contribution < -0.4 is 16.4 Å². The van der Waals surface area contributed by atoms with Crippen LogP contribution in [0.2, 0.25) is 0 Å². The number of hydrogen-bond donors (Lipinski definition) is 3. The normalized spacial score (nSPS) is 17.1. The van der Waals surface area contributed by atoms with Crippen LogP contribution >= 0.6 is 0 Å². The maximum atomic E-state index is 11.2. The van der Waals surface area contributed by atoms with Gasteiger partial charge in [-0.3, -0.25) is 9.79 Å². The van der Waals surface area contributed by atoms with Gasteiger partial charge in [-0.1, -0.05) is 36.8 Å². The number of hydrogen-bond acceptors (Lipinski definition) is 3. The Kier molecular flexibility index (Phi) is 9.98. The largest absolute Gasteiger partial charge is 0.369 e. The van der Waals surface area contributed by atoms with Gasteiger partial charge in [-0.05, 0) is 64.7 Å². The number of piperidine rings is 1. The van der Waals surface area contributed by atoms with Gasteiger partial charge in [0.05, 0.1) is 0 Å². The number of carbonyl (C=O) groups is 1. The van der Waals surface area contributed by atoms with Gasteiger partial charge in [-0.15, -0.1) is 0 Å². The topological polar surface area (TPSA) is 82.8 Å². The predicted octanol–water partition coefficient (Wildman–Crippen LogP) is 2.63. The van der Waals surface area contributed by atoms with Crippen molar-refractivity contribution in [1.82, 2.24) is 15.5 Å². The number of guanidine groups is 1. The highest BCUT2D eigenvalue weighted by molar-refractivity contribution is 5.79. The van der Waals surface area contributed by atoms with Crippen LogP contribution in [0.4, 0.5) is 0 Å². The molecular weight excluding hydrogens is 362 g/mol. The van der Waals surface area contributed by atoms with Crippen LogP contribution in [0.1, 0.15) is 56.6 Å². The number of unbranched alkanes of at least 4 members (excludes halogenated alkanes) is 1. The number of rotatable bonds is 10. The summed E-state index contributed by atoms with van der Waals surface area (Å²) in [4.78, 5) is 18.5. The van der Waals surface area contributed by atoms with Gasteiger partial charge < -0.3 is 21.3 Å². The minimum absolute atomic E-state index is 0.0778. The Bertz CT molecular complexity index is 652. The van der Waals surface area contributed by atoms with E-state index in [1.807, 2.05) is 0 Å². The number of aryl methyl sites for hydroxylation is 1. The van der Waals surface area contributed by atoms with Crippen LogP contribution in [0.5, 0.6) is 0 Å². The molecule has 1 fully saturated rings. The van der Waals surface area contributed by atoms with E-state index >= 15 is 0 Å². The molecule has 4 N–H and O–H groups in total. The second kappa shape index (κ2) is 12.5. The highest BCUT2D eigenvalue weighted by atomic mass is 16.1. The molecule has 1 atom stereocenters. The summed E-state index contributed by atoms with van der Waals surface area (Å²) in [6, 6.07) is 8.67. The van der Waals surface area contributed by atoms with Crippen LogP contribution in [0, 0.1) is 12.8 Å². The van der Waals surface area contributed by atoms with Crippen LogP contribution in [-0.4, -0.2) is 56.0 Å². The quantitative estimate of drug-likeness (QED) is 0.320. The lowest BCUT2D eigenvalue weighted by atomic mass is 9.96. The zero-order valence-corrected chi connectivity index (χ0v) is 18.4. The average Bonchev–Trinajstić information content (AvgIpc) is 2.71. The van der Waals surface area contributed by atoms with Gasteiger partial charge in [0, 0.05) is 31.5 Å². The van der Waals surface area contributed by atoms with Crippen molar-refractivity contribution in [3.8, 4) is 0 Å². The highest BCUT2D eigenvalue weighted by Gasteiger charge is 2.22. The smallest absolute Gasteiger partial charge is 0.220 e. The lowest BCUT2D eigenvalue weighted by Crippen LogP contribution is -2.39. The van der Waals surface area contributed by atoms with E-state index in [2.05, 4.69) is 60.6 Å². The zero-order chi connectivity index (χ0) is 21.1. The molecule has 0 aliphatic carbocycles. The van der Waals surface area contributed by atoms with Gasteiger partial charge in [-0.2, -0.15) is 0 Å². The maximum absolute atomic E-state index is 11.2. The van der Waals surface area contributed by atoms with Gasteiger partial charge in [-0.25, -0.2) is 0 Å². The Morgan fingerprint density at radius 1 is 1.28 bits per heavy atom. The SMILES string of the molecule is CCNC(=NCC(C)c1cccc(C)c1)NCCCCN1CCC(C(N)=O)CC1. The van der Waals surface area contributed by atoms with E-state index in [0.717, 1.165) is 70.9 Å². The fourth-order valence-electron chi connectivity index (χ4n) is 3.76. The van der Waals surface area contributed by atoms with Crippen molar-refractivity contribution < 1.29 is 4.79 Å². The van der Waals surface area contributed by atoms with Crippen molar-refractivity contribution in [2.24, 2.45) is 16.6 Å². The fraction of sp³-hybridized carbons (Fsp3) is 0.652. The summed E-state index contributed by atoms with van der Waals surface area (Å²) in [6.45, 7) is 12.1. The molecule has 0 aromatic heterocycles. The lowest BCUT2D eigenvalue weighted by Gasteiger charge is -2.30. The number of amides is 1. The highest BCUT2D eigenvalue weighted by Crippen LogP contribution is 2.17. The lowest BCUT2D eigenvalue weighted by molar-refractivity contribution is -0.123. The van der Waals surface area contributed by atoms with Gasteiger partial charge in [0.25, 0.3) is 0 Å². The Hall–Kier alpha value is -2.08. The number of nitrogens with two attached hydrogens (primary N) is 1. The van der Waals surface area contributed by atoms with Gasteiger partial charge in [0.1, 0.15) is 0 Å². The van der Waals surface area contributed by atoms with Crippen molar-refractivity contribution in [3.63, 3.8) is 0 Å². The molecule has 0 saturated carbocycles. The van der Waals surface area contributed by atoms with E-state index < -0.39 is 0 Å². The average molecular weight is 402 g/mol. The maximum Gasteiger partial charge on any atom is 0.220 e. The number of nitrogens with one attached hydrogen (secondary N) is 2. The van der Waals surface area contributed by atoms with E-state index in [-0.39, 0.29) is 11.8 Å². The molecule has 1 amide bonds.